The normalized spacial score (nSPS) is 19.6. The van der Waals surface area contributed by atoms with E-state index < -0.39 is 0 Å². The molecule has 3 rings (SSSR count). The fraction of sp³-hybridized carbons (Fsp3) is 0.364. The zero-order valence-corrected chi connectivity index (χ0v) is 17.3. The SMILES string of the molecule is CC1CC(C)CN(C(=O)c2ccccc2NC(=O)Cc2cccc(Br)c2)C1. The molecule has 0 aromatic heterocycles. The van der Waals surface area contributed by atoms with Crippen LogP contribution < -0.4 is 5.32 Å². The van der Waals surface area contributed by atoms with E-state index >= 15 is 0 Å². The van der Waals surface area contributed by atoms with Crippen molar-refractivity contribution in [1.82, 2.24) is 4.90 Å². The Morgan fingerprint density at radius 3 is 2.48 bits per heavy atom. The highest BCUT2D eigenvalue weighted by Crippen LogP contribution is 2.25. The lowest BCUT2D eigenvalue weighted by molar-refractivity contribution is -0.115. The van der Waals surface area contributed by atoms with Gasteiger partial charge in [-0.25, -0.2) is 0 Å². The van der Waals surface area contributed by atoms with Crippen molar-refractivity contribution in [3.05, 3.63) is 64.1 Å². The van der Waals surface area contributed by atoms with Crippen LogP contribution in [0.25, 0.3) is 0 Å². The van der Waals surface area contributed by atoms with Crippen LogP contribution >= 0.6 is 15.9 Å². The highest BCUT2D eigenvalue weighted by atomic mass is 79.9. The van der Waals surface area contributed by atoms with Crippen LogP contribution in [0.2, 0.25) is 0 Å². The number of nitrogens with zero attached hydrogens (tertiary/aromatic N) is 1. The maximum atomic E-state index is 13.1. The molecule has 1 aliphatic rings. The Hall–Kier alpha value is -2.14. The predicted octanol–water partition coefficient (Wildman–Crippen LogP) is 4.75. The number of nitrogens with one attached hydrogen (secondary N) is 1. The Morgan fingerprint density at radius 1 is 1.07 bits per heavy atom. The monoisotopic (exact) mass is 428 g/mol. The van der Waals surface area contributed by atoms with Gasteiger partial charge >= 0.3 is 0 Å². The molecule has 0 aliphatic carbocycles. The number of likely N-dealkylation sites (tertiary alicyclic amines) is 1. The van der Waals surface area contributed by atoms with Crippen LogP contribution in [0.3, 0.4) is 0 Å². The number of benzene rings is 2. The number of para-hydroxylation sites is 1. The van der Waals surface area contributed by atoms with E-state index in [0.717, 1.165) is 29.5 Å². The third-order valence-corrected chi connectivity index (χ3v) is 5.33. The molecule has 2 amide bonds. The predicted molar refractivity (Wildman–Crippen MR) is 112 cm³/mol. The van der Waals surface area contributed by atoms with Gasteiger partial charge in [0.15, 0.2) is 0 Å². The van der Waals surface area contributed by atoms with Crippen LogP contribution in [0.4, 0.5) is 5.69 Å². The zero-order valence-electron chi connectivity index (χ0n) is 15.7. The summed E-state index contributed by atoms with van der Waals surface area (Å²) in [5.41, 5.74) is 2.05. The highest BCUT2D eigenvalue weighted by molar-refractivity contribution is 9.10. The Kier molecular flexibility index (Phi) is 6.32. The summed E-state index contributed by atoms with van der Waals surface area (Å²) in [6.07, 6.45) is 1.41. The summed E-state index contributed by atoms with van der Waals surface area (Å²) >= 11 is 3.42. The molecule has 27 heavy (non-hydrogen) atoms. The van der Waals surface area contributed by atoms with Crippen LogP contribution in [-0.4, -0.2) is 29.8 Å². The van der Waals surface area contributed by atoms with Crippen molar-refractivity contribution in [3.63, 3.8) is 0 Å². The third kappa shape index (κ3) is 5.19. The van der Waals surface area contributed by atoms with Crippen LogP contribution in [-0.2, 0) is 11.2 Å². The van der Waals surface area contributed by atoms with Crippen LogP contribution in [0.1, 0.15) is 36.2 Å². The molecule has 0 saturated carbocycles. The quantitative estimate of drug-likeness (QED) is 0.763. The van der Waals surface area contributed by atoms with E-state index in [1.165, 1.54) is 0 Å². The molecule has 142 valence electrons. The first-order valence-electron chi connectivity index (χ1n) is 9.35. The maximum Gasteiger partial charge on any atom is 0.255 e. The van der Waals surface area contributed by atoms with Gasteiger partial charge in [0, 0.05) is 17.6 Å². The molecule has 2 atom stereocenters. The van der Waals surface area contributed by atoms with E-state index in [2.05, 4.69) is 35.1 Å². The number of anilines is 1. The molecular weight excluding hydrogens is 404 g/mol. The molecule has 0 spiro atoms. The van der Waals surface area contributed by atoms with Crippen molar-refractivity contribution in [2.24, 2.45) is 11.8 Å². The number of piperidine rings is 1. The lowest BCUT2D eigenvalue weighted by Gasteiger charge is -2.35. The Balaban J connectivity index is 1.73. The van der Waals surface area contributed by atoms with E-state index in [4.69, 9.17) is 0 Å². The van der Waals surface area contributed by atoms with Gasteiger partial charge in [-0.05, 0) is 48.1 Å². The van der Waals surface area contributed by atoms with Gasteiger partial charge in [-0.1, -0.05) is 54.0 Å². The molecule has 2 aromatic rings. The minimum atomic E-state index is -0.131. The summed E-state index contributed by atoms with van der Waals surface area (Å²) in [6, 6.07) is 14.9. The van der Waals surface area contributed by atoms with Crippen LogP contribution in [0.15, 0.2) is 53.0 Å². The van der Waals surface area contributed by atoms with Crippen molar-refractivity contribution >= 4 is 33.4 Å². The molecule has 2 aromatic carbocycles. The summed E-state index contributed by atoms with van der Waals surface area (Å²) < 4.78 is 0.941. The van der Waals surface area contributed by atoms with Gasteiger partial charge in [0.05, 0.1) is 17.7 Å². The fourth-order valence-electron chi connectivity index (χ4n) is 3.80. The van der Waals surface area contributed by atoms with Crippen LogP contribution in [0.5, 0.6) is 0 Å². The van der Waals surface area contributed by atoms with Gasteiger partial charge in [0.25, 0.3) is 5.91 Å². The van der Waals surface area contributed by atoms with Crippen molar-refractivity contribution < 1.29 is 9.59 Å². The molecule has 1 saturated heterocycles. The Labute approximate surface area is 169 Å². The number of rotatable bonds is 4. The van der Waals surface area contributed by atoms with Crippen molar-refractivity contribution in [1.29, 1.82) is 0 Å². The van der Waals surface area contributed by atoms with E-state index in [1.807, 2.05) is 41.3 Å². The second kappa shape index (κ2) is 8.70. The number of hydrogen-bond donors (Lipinski definition) is 1. The van der Waals surface area contributed by atoms with Gasteiger partial charge in [0.2, 0.25) is 5.91 Å². The minimum Gasteiger partial charge on any atom is -0.338 e. The molecule has 1 N–H and O–H groups in total. The standard InChI is InChI=1S/C22H25BrN2O2/c1-15-10-16(2)14-25(13-15)22(27)19-8-3-4-9-20(19)24-21(26)12-17-6-5-7-18(23)11-17/h3-9,11,15-16H,10,12-14H2,1-2H3,(H,24,26). The molecule has 1 aliphatic heterocycles. The van der Waals surface area contributed by atoms with Gasteiger partial charge < -0.3 is 10.2 Å². The summed E-state index contributed by atoms with van der Waals surface area (Å²) in [6.45, 7) is 5.90. The molecular formula is C22H25BrN2O2. The zero-order chi connectivity index (χ0) is 19.4. The van der Waals surface area contributed by atoms with E-state index in [-0.39, 0.29) is 18.2 Å². The highest BCUT2D eigenvalue weighted by Gasteiger charge is 2.27. The average Bonchev–Trinajstić information content (AvgIpc) is 2.60. The number of amides is 2. The average molecular weight is 429 g/mol. The first-order valence-corrected chi connectivity index (χ1v) is 10.1. The molecule has 4 nitrogen and oxygen atoms in total. The summed E-state index contributed by atoms with van der Waals surface area (Å²) in [4.78, 5) is 27.5. The van der Waals surface area contributed by atoms with Gasteiger partial charge in [-0.15, -0.1) is 0 Å². The lowest BCUT2D eigenvalue weighted by atomic mass is 9.91. The Morgan fingerprint density at radius 2 is 1.78 bits per heavy atom. The second-order valence-electron chi connectivity index (χ2n) is 7.56. The molecule has 0 radical (unpaired) electrons. The molecule has 5 heteroatoms. The van der Waals surface area contributed by atoms with E-state index in [1.54, 1.807) is 12.1 Å². The number of halogens is 1. The second-order valence-corrected chi connectivity index (χ2v) is 8.47. The van der Waals surface area contributed by atoms with E-state index in [9.17, 15) is 9.59 Å². The summed E-state index contributed by atoms with van der Waals surface area (Å²) in [7, 11) is 0. The van der Waals surface area contributed by atoms with Crippen molar-refractivity contribution in [2.75, 3.05) is 18.4 Å². The molecule has 2 unspecified atom stereocenters. The van der Waals surface area contributed by atoms with Crippen molar-refractivity contribution in [2.45, 2.75) is 26.7 Å². The first-order chi connectivity index (χ1) is 12.9. The van der Waals surface area contributed by atoms with Crippen LogP contribution in [0, 0.1) is 11.8 Å². The lowest BCUT2D eigenvalue weighted by Crippen LogP contribution is -2.42. The third-order valence-electron chi connectivity index (χ3n) is 4.84. The number of carbonyl (C=O) groups excluding carboxylic acids is 2. The largest absolute Gasteiger partial charge is 0.338 e. The van der Waals surface area contributed by atoms with E-state index in [0.29, 0.717) is 23.1 Å². The minimum absolute atomic E-state index is 0.00763. The fourth-order valence-corrected chi connectivity index (χ4v) is 4.25. The summed E-state index contributed by atoms with van der Waals surface area (Å²) in [5.74, 6) is 0.854. The Bertz CT molecular complexity index is 827. The maximum absolute atomic E-state index is 13.1. The van der Waals surface area contributed by atoms with Gasteiger partial charge in [-0.3, -0.25) is 9.59 Å². The number of carbonyl (C=O) groups is 2. The topological polar surface area (TPSA) is 49.4 Å². The number of hydrogen-bond acceptors (Lipinski definition) is 2. The smallest absolute Gasteiger partial charge is 0.255 e. The van der Waals surface area contributed by atoms with Gasteiger partial charge in [0.1, 0.15) is 0 Å². The molecule has 1 heterocycles. The van der Waals surface area contributed by atoms with Crippen molar-refractivity contribution in [3.8, 4) is 0 Å². The molecule has 1 fully saturated rings. The van der Waals surface area contributed by atoms with Gasteiger partial charge in [-0.2, -0.15) is 0 Å². The first kappa shape index (κ1) is 19.6. The summed E-state index contributed by atoms with van der Waals surface area (Å²) in [5, 5.41) is 2.92. The molecule has 0 bridgehead atoms.